The Kier molecular flexibility index (Phi) is 2.91. The van der Waals surface area contributed by atoms with Gasteiger partial charge in [-0.3, -0.25) is 9.78 Å². The summed E-state index contributed by atoms with van der Waals surface area (Å²) in [5, 5.41) is 3.33. The van der Waals surface area contributed by atoms with E-state index in [1.54, 1.807) is 12.3 Å². The van der Waals surface area contributed by atoms with Gasteiger partial charge in [-0.25, -0.2) is 0 Å². The number of benzene rings is 1. The van der Waals surface area contributed by atoms with E-state index in [0.29, 0.717) is 11.6 Å². The molecule has 4 heteroatoms. The van der Waals surface area contributed by atoms with E-state index in [9.17, 15) is 4.79 Å². The number of fused-ring (bicyclic) bond motifs is 1. The number of hydrogen-bond donors (Lipinski definition) is 2. The van der Waals surface area contributed by atoms with E-state index in [1.165, 1.54) is 11.1 Å². The number of nitrogens with one attached hydrogen (secondary N) is 1. The maximum atomic E-state index is 11.1. The van der Waals surface area contributed by atoms with Crippen molar-refractivity contribution in [1.82, 2.24) is 4.98 Å². The van der Waals surface area contributed by atoms with E-state index in [1.807, 2.05) is 6.07 Å². The normalized spacial score (nSPS) is 16.3. The topological polar surface area (TPSA) is 68.0 Å². The van der Waals surface area contributed by atoms with E-state index in [-0.39, 0.29) is 0 Å². The molecular weight excluding hydrogens is 238 g/mol. The third-order valence-electron chi connectivity index (χ3n) is 3.53. The van der Waals surface area contributed by atoms with Crippen LogP contribution in [-0.2, 0) is 6.42 Å². The van der Waals surface area contributed by atoms with Gasteiger partial charge in [0.1, 0.15) is 5.69 Å². The molecule has 3 rings (SSSR count). The summed E-state index contributed by atoms with van der Waals surface area (Å²) in [6.45, 7) is 0.860. The second-order valence-corrected chi connectivity index (χ2v) is 4.77. The lowest BCUT2D eigenvalue weighted by atomic mass is 9.77. The van der Waals surface area contributed by atoms with Crippen LogP contribution in [0, 0.1) is 0 Å². The van der Waals surface area contributed by atoms with Crippen LogP contribution in [0.3, 0.4) is 0 Å². The summed E-state index contributed by atoms with van der Waals surface area (Å²) in [6, 6.07) is 12.0. The Bertz CT molecular complexity index is 624. The zero-order chi connectivity index (χ0) is 13.2. The molecule has 1 aliphatic rings. The van der Waals surface area contributed by atoms with Gasteiger partial charge in [0, 0.05) is 24.3 Å². The molecule has 96 valence electrons. The number of anilines is 1. The minimum atomic E-state index is -0.502. The SMILES string of the molecule is NC(=O)c1cc(NCC2Cc3ccccc32)ccn1. The number of pyridine rings is 1. The molecule has 0 fully saturated rings. The Morgan fingerprint density at radius 3 is 3.00 bits per heavy atom. The maximum absolute atomic E-state index is 11.1. The number of primary amides is 1. The second kappa shape index (κ2) is 4.72. The first kappa shape index (κ1) is 11.7. The molecule has 19 heavy (non-hydrogen) atoms. The van der Waals surface area contributed by atoms with Crippen LogP contribution in [0.4, 0.5) is 5.69 Å². The highest BCUT2D eigenvalue weighted by Gasteiger charge is 2.24. The molecule has 0 saturated heterocycles. The minimum absolute atomic E-state index is 0.291. The molecule has 1 atom stereocenters. The van der Waals surface area contributed by atoms with Gasteiger partial charge >= 0.3 is 0 Å². The smallest absolute Gasteiger partial charge is 0.267 e. The number of rotatable bonds is 4. The number of amides is 1. The molecule has 0 spiro atoms. The predicted molar refractivity (Wildman–Crippen MR) is 74.1 cm³/mol. The molecule has 0 radical (unpaired) electrons. The highest BCUT2D eigenvalue weighted by Crippen LogP contribution is 2.34. The van der Waals surface area contributed by atoms with E-state index in [4.69, 9.17) is 5.73 Å². The molecule has 0 aliphatic heterocycles. The van der Waals surface area contributed by atoms with E-state index in [0.717, 1.165) is 18.7 Å². The largest absolute Gasteiger partial charge is 0.384 e. The van der Waals surface area contributed by atoms with Crippen molar-refractivity contribution < 1.29 is 4.79 Å². The van der Waals surface area contributed by atoms with Gasteiger partial charge in [0.15, 0.2) is 0 Å². The van der Waals surface area contributed by atoms with Crippen LogP contribution in [0.15, 0.2) is 42.6 Å². The molecule has 1 unspecified atom stereocenters. The van der Waals surface area contributed by atoms with Gasteiger partial charge in [-0.15, -0.1) is 0 Å². The zero-order valence-corrected chi connectivity index (χ0v) is 10.5. The van der Waals surface area contributed by atoms with Crippen molar-refractivity contribution in [2.75, 3.05) is 11.9 Å². The van der Waals surface area contributed by atoms with Gasteiger partial charge in [0.05, 0.1) is 0 Å². The minimum Gasteiger partial charge on any atom is -0.384 e. The van der Waals surface area contributed by atoms with Crippen molar-refractivity contribution in [2.45, 2.75) is 12.3 Å². The average molecular weight is 253 g/mol. The van der Waals surface area contributed by atoms with Crippen molar-refractivity contribution in [2.24, 2.45) is 5.73 Å². The summed E-state index contributed by atoms with van der Waals surface area (Å²) in [7, 11) is 0. The average Bonchev–Trinajstić information content (AvgIpc) is 2.40. The maximum Gasteiger partial charge on any atom is 0.267 e. The lowest BCUT2D eigenvalue weighted by Crippen LogP contribution is -2.24. The van der Waals surface area contributed by atoms with Crippen molar-refractivity contribution in [3.05, 3.63) is 59.4 Å². The lowest BCUT2D eigenvalue weighted by Gasteiger charge is -2.30. The summed E-state index contributed by atoms with van der Waals surface area (Å²) >= 11 is 0. The van der Waals surface area contributed by atoms with Gasteiger partial charge in [0.2, 0.25) is 0 Å². The summed E-state index contributed by atoms with van der Waals surface area (Å²) in [4.78, 5) is 15.0. The standard InChI is InChI=1S/C15H15N3O/c16-15(19)14-8-12(5-6-17-14)18-9-11-7-10-3-1-2-4-13(10)11/h1-6,8,11H,7,9H2,(H2,16,19)(H,17,18). The third-order valence-corrected chi connectivity index (χ3v) is 3.53. The molecular formula is C15H15N3O. The highest BCUT2D eigenvalue weighted by molar-refractivity contribution is 5.91. The lowest BCUT2D eigenvalue weighted by molar-refractivity contribution is 0.0995. The van der Waals surface area contributed by atoms with Gasteiger partial charge in [0.25, 0.3) is 5.91 Å². The van der Waals surface area contributed by atoms with Gasteiger partial charge in [-0.05, 0) is 29.7 Å². The number of aromatic nitrogens is 1. The number of nitrogens with two attached hydrogens (primary N) is 1. The molecule has 1 aromatic carbocycles. The quantitative estimate of drug-likeness (QED) is 0.874. The monoisotopic (exact) mass is 253 g/mol. The Balaban J connectivity index is 1.65. The number of nitrogens with zero attached hydrogens (tertiary/aromatic N) is 1. The second-order valence-electron chi connectivity index (χ2n) is 4.77. The van der Waals surface area contributed by atoms with Crippen molar-refractivity contribution in [3.8, 4) is 0 Å². The Labute approximate surface area is 111 Å². The molecule has 0 bridgehead atoms. The molecule has 1 amide bonds. The molecule has 1 aliphatic carbocycles. The molecule has 3 N–H and O–H groups in total. The Hall–Kier alpha value is -2.36. The molecule has 2 aromatic rings. The fraction of sp³-hybridized carbons (Fsp3) is 0.200. The first-order valence-electron chi connectivity index (χ1n) is 6.31. The molecule has 1 aromatic heterocycles. The highest BCUT2D eigenvalue weighted by atomic mass is 16.1. The third kappa shape index (κ3) is 2.29. The van der Waals surface area contributed by atoms with E-state index >= 15 is 0 Å². The van der Waals surface area contributed by atoms with Gasteiger partial charge < -0.3 is 11.1 Å². The Morgan fingerprint density at radius 1 is 1.37 bits per heavy atom. The summed E-state index contributed by atoms with van der Waals surface area (Å²) in [5.74, 6) is 0.0408. The summed E-state index contributed by atoms with van der Waals surface area (Å²) in [5.41, 5.74) is 9.23. The van der Waals surface area contributed by atoms with E-state index < -0.39 is 5.91 Å². The molecule has 0 saturated carbocycles. The van der Waals surface area contributed by atoms with Gasteiger partial charge in [-0.1, -0.05) is 24.3 Å². The first-order chi connectivity index (χ1) is 9.24. The van der Waals surface area contributed by atoms with Crippen molar-refractivity contribution >= 4 is 11.6 Å². The summed E-state index contributed by atoms with van der Waals surface area (Å²) in [6.07, 6.45) is 2.70. The van der Waals surface area contributed by atoms with Crippen LogP contribution in [0.1, 0.15) is 27.5 Å². The van der Waals surface area contributed by atoms with Crippen molar-refractivity contribution in [1.29, 1.82) is 0 Å². The fourth-order valence-electron chi connectivity index (χ4n) is 2.46. The number of carbonyl (C=O) groups is 1. The van der Waals surface area contributed by atoms with Crippen LogP contribution in [0.2, 0.25) is 0 Å². The van der Waals surface area contributed by atoms with Crippen LogP contribution < -0.4 is 11.1 Å². The Morgan fingerprint density at radius 2 is 2.21 bits per heavy atom. The predicted octanol–water partition coefficient (Wildman–Crippen LogP) is 1.93. The van der Waals surface area contributed by atoms with Crippen LogP contribution >= 0.6 is 0 Å². The van der Waals surface area contributed by atoms with Crippen LogP contribution in [-0.4, -0.2) is 17.4 Å². The van der Waals surface area contributed by atoms with Crippen LogP contribution in [0.5, 0.6) is 0 Å². The number of carbonyl (C=O) groups excluding carboxylic acids is 1. The molecule has 1 heterocycles. The molecule has 4 nitrogen and oxygen atoms in total. The fourth-order valence-corrected chi connectivity index (χ4v) is 2.46. The zero-order valence-electron chi connectivity index (χ0n) is 10.5. The summed E-state index contributed by atoms with van der Waals surface area (Å²) < 4.78 is 0. The van der Waals surface area contributed by atoms with Crippen LogP contribution in [0.25, 0.3) is 0 Å². The number of hydrogen-bond acceptors (Lipinski definition) is 3. The van der Waals surface area contributed by atoms with E-state index in [2.05, 4.69) is 34.6 Å². The first-order valence-corrected chi connectivity index (χ1v) is 6.31. The van der Waals surface area contributed by atoms with Gasteiger partial charge in [-0.2, -0.15) is 0 Å². The van der Waals surface area contributed by atoms with Crippen molar-refractivity contribution in [3.63, 3.8) is 0 Å².